The van der Waals surface area contributed by atoms with Gasteiger partial charge in [-0.3, -0.25) is 9.69 Å². The molecule has 30 heavy (non-hydrogen) atoms. The van der Waals surface area contributed by atoms with Gasteiger partial charge in [0.05, 0.1) is 26.8 Å². The minimum atomic E-state index is -0.595. The van der Waals surface area contributed by atoms with Gasteiger partial charge in [-0.1, -0.05) is 13.0 Å². The first kappa shape index (κ1) is 22.0. The second kappa shape index (κ2) is 9.89. The lowest BCUT2D eigenvalue weighted by Crippen LogP contribution is -2.40. The van der Waals surface area contributed by atoms with Crippen LogP contribution in [0.25, 0.3) is 0 Å². The van der Waals surface area contributed by atoms with Crippen molar-refractivity contribution in [3.63, 3.8) is 0 Å². The molecule has 0 aromatic heterocycles. The summed E-state index contributed by atoms with van der Waals surface area (Å²) in [7, 11) is 3.19. The molecule has 1 unspecified atom stereocenters. The molecule has 1 amide bonds. The number of hydrogen-bond donors (Lipinski definition) is 0. The van der Waals surface area contributed by atoms with Gasteiger partial charge in [0.25, 0.3) is 0 Å². The first-order valence-corrected chi connectivity index (χ1v) is 10.1. The number of carbonyl (C=O) groups is 1. The lowest BCUT2D eigenvalue weighted by molar-refractivity contribution is -0.133. The smallest absolute Gasteiger partial charge is 0.237 e. The minimum absolute atomic E-state index is 0.0121. The van der Waals surface area contributed by atoms with E-state index in [4.69, 9.17) is 9.47 Å². The van der Waals surface area contributed by atoms with Crippen LogP contribution in [0.4, 0.5) is 8.78 Å². The van der Waals surface area contributed by atoms with E-state index in [1.54, 1.807) is 19.1 Å². The van der Waals surface area contributed by atoms with Gasteiger partial charge in [0.2, 0.25) is 5.91 Å². The molecular weight excluding hydrogens is 390 g/mol. The minimum Gasteiger partial charge on any atom is -0.497 e. The number of likely N-dealkylation sites (tertiary alicyclic amines) is 1. The van der Waals surface area contributed by atoms with Crippen molar-refractivity contribution in [1.82, 2.24) is 9.80 Å². The number of ether oxygens (including phenoxy) is 2. The molecule has 0 saturated carbocycles. The Kier molecular flexibility index (Phi) is 7.26. The van der Waals surface area contributed by atoms with E-state index in [9.17, 15) is 13.6 Å². The molecule has 2 aromatic carbocycles. The number of halogens is 2. The van der Waals surface area contributed by atoms with Crippen LogP contribution >= 0.6 is 0 Å². The third-order valence-electron chi connectivity index (χ3n) is 5.62. The molecule has 1 saturated heterocycles. The molecule has 3 rings (SSSR count). The van der Waals surface area contributed by atoms with Crippen LogP contribution in [0.3, 0.4) is 0 Å². The number of benzene rings is 2. The predicted octanol–water partition coefficient (Wildman–Crippen LogP) is 4.17. The van der Waals surface area contributed by atoms with Crippen molar-refractivity contribution in [2.24, 2.45) is 0 Å². The molecule has 0 bridgehead atoms. The number of amides is 1. The largest absolute Gasteiger partial charge is 0.497 e. The van der Waals surface area contributed by atoms with E-state index < -0.39 is 11.6 Å². The average Bonchev–Trinajstić information content (AvgIpc) is 3.24. The summed E-state index contributed by atoms with van der Waals surface area (Å²) in [6.07, 6.45) is 1.72. The summed E-state index contributed by atoms with van der Waals surface area (Å²) in [4.78, 5) is 16.7. The number of nitrogens with zero attached hydrogens (tertiary/aromatic N) is 2. The van der Waals surface area contributed by atoms with Gasteiger partial charge in [-0.15, -0.1) is 0 Å². The number of hydrogen-bond acceptors (Lipinski definition) is 4. The normalized spacial score (nSPS) is 16.2. The topological polar surface area (TPSA) is 42.0 Å². The summed E-state index contributed by atoms with van der Waals surface area (Å²) in [6.45, 7) is 3.17. The van der Waals surface area contributed by atoms with E-state index >= 15 is 0 Å². The average molecular weight is 418 g/mol. The Balaban J connectivity index is 1.75. The highest BCUT2D eigenvalue weighted by molar-refractivity contribution is 5.79. The van der Waals surface area contributed by atoms with Crippen LogP contribution in [0, 0.1) is 11.6 Å². The van der Waals surface area contributed by atoms with Crippen molar-refractivity contribution in [3.05, 3.63) is 59.2 Å². The summed E-state index contributed by atoms with van der Waals surface area (Å²) in [5, 5.41) is 0. The Morgan fingerprint density at radius 1 is 1.17 bits per heavy atom. The second-order valence-corrected chi connectivity index (χ2v) is 7.36. The molecule has 1 fully saturated rings. The van der Waals surface area contributed by atoms with E-state index in [-0.39, 0.29) is 30.6 Å². The SMILES string of the molecule is CCN(CC(=O)N1CCCC1c1ccc(OC)cc1OC)Cc1c(F)cccc1F. The van der Waals surface area contributed by atoms with Gasteiger partial charge in [0.15, 0.2) is 0 Å². The van der Waals surface area contributed by atoms with Gasteiger partial charge in [-0.05, 0) is 43.7 Å². The molecule has 1 heterocycles. The first-order valence-electron chi connectivity index (χ1n) is 10.1. The van der Waals surface area contributed by atoms with Crippen LogP contribution in [0.5, 0.6) is 11.5 Å². The lowest BCUT2D eigenvalue weighted by Gasteiger charge is -2.29. The highest BCUT2D eigenvalue weighted by Gasteiger charge is 2.32. The Labute approximate surface area is 176 Å². The summed E-state index contributed by atoms with van der Waals surface area (Å²) >= 11 is 0. The van der Waals surface area contributed by atoms with Gasteiger partial charge < -0.3 is 14.4 Å². The fourth-order valence-corrected chi connectivity index (χ4v) is 3.95. The summed E-state index contributed by atoms with van der Waals surface area (Å²) in [5.74, 6) is 0.121. The first-order chi connectivity index (χ1) is 14.5. The third-order valence-corrected chi connectivity index (χ3v) is 5.62. The molecule has 1 atom stereocenters. The fraction of sp³-hybridized carbons (Fsp3) is 0.435. The summed E-state index contributed by atoms with van der Waals surface area (Å²) < 4.78 is 38.8. The van der Waals surface area contributed by atoms with Crippen LogP contribution in [-0.2, 0) is 11.3 Å². The van der Waals surface area contributed by atoms with Gasteiger partial charge in [-0.2, -0.15) is 0 Å². The molecule has 0 radical (unpaired) electrons. The summed E-state index contributed by atoms with van der Waals surface area (Å²) in [6, 6.07) is 9.32. The van der Waals surface area contributed by atoms with Gasteiger partial charge in [-0.25, -0.2) is 8.78 Å². The molecule has 0 N–H and O–H groups in total. The molecule has 7 heteroatoms. The molecule has 5 nitrogen and oxygen atoms in total. The standard InChI is InChI=1S/C23H28F2N2O3/c1-4-26(14-18-19(24)7-5-8-20(18)25)15-23(28)27-12-6-9-21(27)17-11-10-16(29-2)13-22(17)30-3/h5,7-8,10-11,13,21H,4,6,9,12,14-15H2,1-3H3. The van der Waals surface area contributed by atoms with Crippen LogP contribution < -0.4 is 9.47 Å². The van der Waals surface area contributed by atoms with Crippen molar-refractivity contribution in [2.75, 3.05) is 33.9 Å². The number of rotatable bonds is 8. The summed E-state index contributed by atoms with van der Waals surface area (Å²) in [5.41, 5.74) is 0.925. The van der Waals surface area contributed by atoms with E-state index in [0.717, 1.165) is 18.4 Å². The maximum atomic E-state index is 14.0. The molecule has 1 aliphatic heterocycles. The zero-order valence-electron chi connectivity index (χ0n) is 17.7. The number of carbonyl (C=O) groups excluding carboxylic acids is 1. The Morgan fingerprint density at radius 2 is 1.90 bits per heavy atom. The molecule has 0 aliphatic carbocycles. The van der Waals surface area contributed by atoms with E-state index in [2.05, 4.69) is 0 Å². The molecular formula is C23H28F2N2O3. The third kappa shape index (κ3) is 4.73. The zero-order chi connectivity index (χ0) is 21.7. The molecule has 2 aromatic rings. The van der Waals surface area contributed by atoms with Crippen molar-refractivity contribution in [3.8, 4) is 11.5 Å². The fourth-order valence-electron chi connectivity index (χ4n) is 3.95. The molecule has 1 aliphatic rings. The lowest BCUT2D eigenvalue weighted by atomic mass is 10.0. The van der Waals surface area contributed by atoms with Crippen LogP contribution in [0.2, 0.25) is 0 Å². The number of methoxy groups -OCH3 is 2. The highest BCUT2D eigenvalue weighted by atomic mass is 19.1. The van der Waals surface area contributed by atoms with E-state index in [1.807, 2.05) is 30.0 Å². The Hall–Kier alpha value is -2.67. The van der Waals surface area contributed by atoms with Gasteiger partial charge in [0, 0.05) is 30.3 Å². The van der Waals surface area contributed by atoms with Crippen molar-refractivity contribution in [2.45, 2.75) is 32.4 Å². The monoisotopic (exact) mass is 418 g/mol. The Bertz CT molecular complexity index is 870. The van der Waals surface area contributed by atoms with Crippen LogP contribution in [0.1, 0.15) is 36.9 Å². The quantitative estimate of drug-likeness (QED) is 0.645. The van der Waals surface area contributed by atoms with Crippen molar-refractivity contribution < 1.29 is 23.0 Å². The van der Waals surface area contributed by atoms with Crippen LogP contribution in [0.15, 0.2) is 36.4 Å². The second-order valence-electron chi connectivity index (χ2n) is 7.36. The maximum absolute atomic E-state index is 14.0. The number of likely N-dealkylation sites (N-methyl/N-ethyl adjacent to an activating group) is 1. The molecule has 162 valence electrons. The predicted molar refractivity (Wildman–Crippen MR) is 111 cm³/mol. The zero-order valence-corrected chi connectivity index (χ0v) is 17.7. The highest BCUT2D eigenvalue weighted by Crippen LogP contribution is 2.38. The Morgan fingerprint density at radius 3 is 2.53 bits per heavy atom. The van der Waals surface area contributed by atoms with Gasteiger partial charge >= 0.3 is 0 Å². The molecule has 0 spiro atoms. The van der Waals surface area contributed by atoms with Crippen molar-refractivity contribution in [1.29, 1.82) is 0 Å². The van der Waals surface area contributed by atoms with Crippen LogP contribution in [-0.4, -0.2) is 49.6 Å². The van der Waals surface area contributed by atoms with E-state index in [1.165, 1.54) is 18.2 Å². The van der Waals surface area contributed by atoms with Gasteiger partial charge in [0.1, 0.15) is 23.1 Å². The van der Waals surface area contributed by atoms with E-state index in [0.29, 0.717) is 24.6 Å². The van der Waals surface area contributed by atoms with Crippen molar-refractivity contribution >= 4 is 5.91 Å². The maximum Gasteiger partial charge on any atom is 0.237 e.